The van der Waals surface area contributed by atoms with E-state index in [-0.39, 0.29) is 5.69 Å². The van der Waals surface area contributed by atoms with E-state index in [1.807, 2.05) is 11.8 Å². The van der Waals surface area contributed by atoms with Gasteiger partial charge < -0.3 is 5.32 Å². The largest absolute Gasteiger partial charge is 0.369 e. The molecule has 0 saturated carbocycles. The summed E-state index contributed by atoms with van der Waals surface area (Å²) < 4.78 is 1.38. The van der Waals surface area contributed by atoms with Gasteiger partial charge in [0, 0.05) is 43.8 Å². The number of H-pyrrole nitrogens is 1. The maximum absolute atomic E-state index is 11.3. The van der Waals surface area contributed by atoms with Gasteiger partial charge in [-0.1, -0.05) is 0 Å². The van der Waals surface area contributed by atoms with E-state index < -0.39 is 0 Å². The SMILES string of the molecule is O=c1[nH]nc2cc(NCCN3CCSCC3)ncn12. The highest BCUT2D eigenvalue weighted by atomic mass is 32.2. The summed E-state index contributed by atoms with van der Waals surface area (Å²) in [5.74, 6) is 3.19. The first-order valence-corrected chi connectivity index (χ1v) is 7.45. The van der Waals surface area contributed by atoms with Gasteiger partial charge in [0.1, 0.15) is 12.1 Å². The molecule has 0 aromatic carbocycles. The molecule has 102 valence electrons. The number of rotatable bonds is 4. The van der Waals surface area contributed by atoms with Crippen molar-refractivity contribution in [1.82, 2.24) is 24.5 Å². The number of nitrogens with zero attached hydrogens (tertiary/aromatic N) is 4. The van der Waals surface area contributed by atoms with Crippen LogP contribution in [-0.4, -0.2) is 62.2 Å². The highest BCUT2D eigenvalue weighted by molar-refractivity contribution is 7.99. The van der Waals surface area contributed by atoms with Crippen LogP contribution in [0.5, 0.6) is 0 Å². The third-order valence-corrected chi connectivity index (χ3v) is 4.09. The molecule has 0 spiro atoms. The molecule has 1 aliphatic rings. The smallest absolute Gasteiger partial charge is 0.348 e. The Morgan fingerprint density at radius 2 is 2.26 bits per heavy atom. The Balaban J connectivity index is 1.57. The Hall–Kier alpha value is -1.54. The van der Waals surface area contributed by atoms with Crippen LogP contribution in [0.25, 0.3) is 5.65 Å². The summed E-state index contributed by atoms with van der Waals surface area (Å²) in [6.07, 6.45) is 1.49. The minimum atomic E-state index is -0.264. The standard InChI is InChI=1S/C11H16N6OS/c18-11-15-14-10-7-9(13-8-17(10)11)12-1-2-16-3-5-19-6-4-16/h7-8,12H,1-6H2,(H,15,18). The van der Waals surface area contributed by atoms with Crippen LogP contribution < -0.4 is 11.0 Å². The van der Waals surface area contributed by atoms with Crippen LogP contribution in [0.4, 0.5) is 5.82 Å². The summed E-state index contributed by atoms with van der Waals surface area (Å²) in [5, 5.41) is 9.56. The Morgan fingerprint density at radius 1 is 1.42 bits per heavy atom. The predicted octanol–water partition coefficient (Wildman–Crippen LogP) is -0.122. The first-order chi connectivity index (χ1) is 9.33. The molecule has 1 fully saturated rings. The molecule has 3 heterocycles. The number of nitrogens with one attached hydrogen (secondary N) is 2. The monoisotopic (exact) mass is 280 g/mol. The lowest BCUT2D eigenvalue weighted by Crippen LogP contribution is -2.36. The normalized spacial score (nSPS) is 16.8. The van der Waals surface area contributed by atoms with Gasteiger partial charge in [0.25, 0.3) is 0 Å². The zero-order valence-electron chi connectivity index (χ0n) is 10.5. The van der Waals surface area contributed by atoms with Gasteiger partial charge in [-0.05, 0) is 0 Å². The van der Waals surface area contributed by atoms with Gasteiger partial charge in [0.15, 0.2) is 5.65 Å². The summed E-state index contributed by atoms with van der Waals surface area (Å²) in [5.41, 5.74) is 0.316. The molecule has 0 radical (unpaired) electrons. The fourth-order valence-electron chi connectivity index (χ4n) is 2.07. The second-order valence-electron chi connectivity index (χ2n) is 4.41. The van der Waals surface area contributed by atoms with Crippen LogP contribution in [0.2, 0.25) is 0 Å². The molecule has 7 nitrogen and oxygen atoms in total. The zero-order valence-corrected chi connectivity index (χ0v) is 11.3. The van der Waals surface area contributed by atoms with Crippen LogP contribution in [0.15, 0.2) is 17.2 Å². The lowest BCUT2D eigenvalue weighted by Gasteiger charge is -2.26. The van der Waals surface area contributed by atoms with E-state index in [1.165, 1.54) is 22.2 Å². The average molecular weight is 280 g/mol. The molecule has 1 aliphatic heterocycles. The Kier molecular flexibility index (Phi) is 3.69. The number of hydrogen-bond acceptors (Lipinski definition) is 6. The van der Waals surface area contributed by atoms with Crippen LogP contribution in [-0.2, 0) is 0 Å². The quantitative estimate of drug-likeness (QED) is 0.813. The summed E-state index contributed by atoms with van der Waals surface area (Å²) in [6.45, 7) is 4.18. The molecular weight excluding hydrogens is 264 g/mol. The number of hydrogen-bond donors (Lipinski definition) is 2. The first-order valence-electron chi connectivity index (χ1n) is 6.30. The number of aromatic nitrogens is 4. The molecule has 19 heavy (non-hydrogen) atoms. The van der Waals surface area contributed by atoms with E-state index in [1.54, 1.807) is 6.07 Å². The van der Waals surface area contributed by atoms with Gasteiger partial charge in [-0.25, -0.2) is 19.3 Å². The van der Waals surface area contributed by atoms with Gasteiger partial charge in [0.2, 0.25) is 0 Å². The molecule has 0 atom stereocenters. The van der Waals surface area contributed by atoms with E-state index in [0.717, 1.165) is 32.0 Å². The molecule has 0 unspecified atom stereocenters. The summed E-state index contributed by atoms with van der Waals surface area (Å²) in [7, 11) is 0. The van der Waals surface area contributed by atoms with Gasteiger partial charge >= 0.3 is 5.69 Å². The minimum absolute atomic E-state index is 0.264. The van der Waals surface area contributed by atoms with Gasteiger partial charge in [-0.2, -0.15) is 16.9 Å². The van der Waals surface area contributed by atoms with E-state index in [2.05, 4.69) is 25.4 Å². The van der Waals surface area contributed by atoms with Crippen molar-refractivity contribution >= 4 is 23.2 Å². The molecule has 0 bridgehead atoms. The van der Waals surface area contributed by atoms with Crippen molar-refractivity contribution in [1.29, 1.82) is 0 Å². The van der Waals surface area contributed by atoms with Crippen molar-refractivity contribution in [3.63, 3.8) is 0 Å². The van der Waals surface area contributed by atoms with Crippen LogP contribution in [0.1, 0.15) is 0 Å². The van der Waals surface area contributed by atoms with Gasteiger partial charge in [-0.15, -0.1) is 0 Å². The molecule has 3 rings (SSSR count). The molecule has 2 aromatic rings. The Morgan fingerprint density at radius 3 is 3.11 bits per heavy atom. The Labute approximate surface area is 114 Å². The second kappa shape index (κ2) is 5.62. The van der Waals surface area contributed by atoms with Crippen molar-refractivity contribution in [2.45, 2.75) is 0 Å². The molecule has 2 aromatic heterocycles. The lowest BCUT2D eigenvalue weighted by molar-refractivity contribution is 0.314. The molecule has 1 saturated heterocycles. The van der Waals surface area contributed by atoms with Crippen LogP contribution in [0, 0.1) is 0 Å². The molecular formula is C11H16N6OS. The van der Waals surface area contributed by atoms with E-state index in [9.17, 15) is 4.79 Å². The molecule has 0 amide bonds. The lowest BCUT2D eigenvalue weighted by atomic mass is 10.4. The van der Waals surface area contributed by atoms with Crippen molar-refractivity contribution in [3.8, 4) is 0 Å². The van der Waals surface area contributed by atoms with Gasteiger partial charge in [-0.3, -0.25) is 4.90 Å². The van der Waals surface area contributed by atoms with Crippen molar-refractivity contribution in [2.24, 2.45) is 0 Å². The number of anilines is 1. The topological polar surface area (TPSA) is 78.3 Å². The fraction of sp³-hybridized carbons (Fsp3) is 0.545. The van der Waals surface area contributed by atoms with Crippen molar-refractivity contribution in [3.05, 3.63) is 22.9 Å². The fourth-order valence-corrected chi connectivity index (χ4v) is 3.05. The van der Waals surface area contributed by atoms with E-state index >= 15 is 0 Å². The number of aromatic amines is 1. The van der Waals surface area contributed by atoms with Crippen molar-refractivity contribution in [2.75, 3.05) is 43.0 Å². The first kappa shape index (κ1) is 12.5. The van der Waals surface area contributed by atoms with Gasteiger partial charge in [0.05, 0.1) is 0 Å². The summed E-state index contributed by atoms with van der Waals surface area (Å²) in [6, 6.07) is 1.77. The summed E-state index contributed by atoms with van der Waals surface area (Å²) in [4.78, 5) is 17.9. The Bertz CT molecular complexity index is 602. The molecule has 0 aliphatic carbocycles. The third-order valence-electron chi connectivity index (χ3n) is 3.15. The average Bonchev–Trinajstić information content (AvgIpc) is 2.81. The third kappa shape index (κ3) is 2.90. The minimum Gasteiger partial charge on any atom is -0.369 e. The van der Waals surface area contributed by atoms with Crippen molar-refractivity contribution < 1.29 is 0 Å². The highest BCUT2D eigenvalue weighted by Gasteiger charge is 2.09. The van der Waals surface area contributed by atoms with Crippen LogP contribution in [0.3, 0.4) is 0 Å². The maximum atomic E-state index is 11.3. The summed E-state index contributed by atoms with van der Waals surface area (Å²) >= 11 is 2.01. The molecule has 8 heteroatoms. The predicted molar refractivity (Wildman–Crippen MR) is 75.9 cm³/mol. The second-order valence-corrected chi connectivity index (χ2v) is 5.64. The number of thioether (sulfide) groups is 1. The molecule has 2 N–H and O–H groups in total. The van der Waals surface area contributed by atoms with E-state index in [4.69, 9.17) is 0 Å². The van der Waals surface area contributed by atoms with Crippen LogP contribution >= 0.6 is 11.8 Å². The maximum Gasteiger partial charge on any atom is 0.348 e. The zero-order chi connectivity index (χ0) is 13.1. The van der Waals surface area contributed by atoms with E-state index in [0.29, 0.717) is 5.65 Å². The highest BCUT2D eigenvalue weighted by Crippen LogP contribution is 2.09. The number of fused-ring (bicyclic) bond motifs is 1.